The van der Waals surface area contributed by atoms with Crippen LogP contribution in [0.25, 0.3) is 17.2 Å². The minimum atomic E-state index is 1.02. The van der Waals surface area contributed by atoms with Crippen LogP contribution in [0.5, 0.6) is 0 Å². The van der Waals surface area contributed by atoms with Crippen LogP contribution in [0.15, 0.2) is 66.3 Å². The second kappa shape index (κ2) is 6.38. The quantitative estimate of drug-likeness (QED) is 0.590. The SMILES string of the molecule is C=C(C)/C(=C/c1ccc(-c2cccc(C)c2)cc1)CC. The van der Waals surface area contributed by atoms with Crippen LogP contribution >= 0.6 is 0 Å². The second-order valence-electron chi connectivity index (χ2n) is 5.29. The fourth-order valence-electron chi connectivity index (χ4n) is 2.32. The molecule has 2 aromatic carbocycles. The van der Waals surface area contributed by atoms with Crippen LogP contribution in [0.2, 0.25) is 0 Å². The predicted octanol–water partition coefficient (Wildman–Crippen LogP) is 6.03. The molecule has 0 spiro atoms. The first-order chi connectivity index (χ1) is 9.60. The van der Waals surface area contributed by atoms with Crippen molar-refractivity contribution in [2.75, 3.05) is 0 Å². The minimum absolute atomic E-state index is 1.02. The summed E-state index contributed by atoms with van der Waals surface area (Å²) >= 11 is 0. The van der Waals surface area contributed by atoms with Crippen LogP contribution in [-0.2, 0) is 0 Å². The molecule has 0 aliphatic rings. The standard InChI is InChI=1S/C20H22/c1-5-18(15(2)3)14-17-9-11-19(12-10-17)20-8-6-7-16(4)13-20/h6-14H,2,5H2,1,3-4H3/b18-14+. The zero-order chi connectivity index (χ0) is 14.5. The van der Waals surface area contributed by atoms with Gasteiger partial charge in [-0.3, -0.25) is 0 Å². The molecule has 0 nitrogen and oxygen atoms in total. The van der Waals surface area contributed by atoms with Gasteiger partial charge in [0.25, 0.3) is 0 Å². The van der Waals surface area contributed by atoms with E-state index in [2.05, 4.69) is 82.0 Å². The maximum Gasteiger partial charge on any atom is -0.0181 e. The molecule has 0 saturated heterocycles. The molecule has 0 aliphatic carbocycles. The van der Waals surface area contributed by atoms with Crippen molar-refractivity contribution >= 4 is 6.08 Å². The van der Waals surface area contributed by atoms with E-state index in [9.17, 15) is 0 Å². The van der Waals surface area contributed by atoms with E-state index >= 15 is 0 Å². The first-order valence-electron chi connectivity index (χ1n) is 7.13. The monoisotopic (exact) mass is 262 g/mol. The van der Waals surface area contributed by atoms with Crippen molar-refractivity contribution in [2.45, 2.75) is 27.2 Å². The molecule has 0 heterocycles. The Morgan fingerprint density at radius 3 is 2.30 bits per heavy atom. The molecule has 0 unspecified atom stereocenters. The summed E-state index contributed by atoms with van der Waals surface area (Å²) in [5.74, 6) is 0. The number of hydrogen-bond acceptors (Lipinski definition) is 0. The van der Waals surface area contributed by atoms with Gasteiger partial charge in [0.15, 0.2) is 0 Å². The van der Waals surface area contributed by atoms with Gasteiger partial charge in [0.1, 0.15) is 0 Å². The van der Waals surface area contributed by atoms with E-state index in [0.717, 1.165) is 12.0 Å². The average Bonchev–Trinajstić information content (AvgIpc) is 2.45. The van der Waals surface area contributed by atoms with Gasteiger partial charge in [-0.2, -0.15) is 0 Å². The number of benzene rings is 2. The van der Waals surface area contributed by atoms with E-state index in [0.29, 0.717) is 0 Å². The van der Waals surface area contributed by atoms with Gasteiger partial charge in [-0.15, -0.1) is 0 Å². The van der Waals surface area contributed by atoms with Gasteiger partial charge in [-0.25, -0.2) is 0 Å². The van der Waals surface area contributed by atoms with Crippen LogP contribution in [0.3, 0.4) is 0 Å². The molecular formula is C20H22. The third kappa shape index (κ3) is 3.48. The van der Waals surface area contributed by atoms with Crippen LogP contribution in [0.4, 0.5) is 0 Å². The molecule has 0 aromatic heterocycles. The molecule has 0 aliphatic heterocycles. The summed E-state index contributed by atoms with van der Waals surface area (Å²) in [6.07, 6.45) is 3.25. The Morgan fingerprint density at radius 1 is 1.05 bits per heavy atom. The van der Waals surface area contributed by atoms with Gasteiger partial charge in [-0.1, -0.05) is 79.2 Å². The molecule has 2 rings (SSSR count). The lowest BCUT2D eigenvalue weighted by Crippen LogP contribution is -1.84. The molecule has 0 radical (unpaired) electrons. The van der Waals surface area contributed by atoms with Crippen LogP contribution in [-0.4, -0.2) is 0 Å². The average molecular weight is 262 g/mol. The van der Waals surface area contributed by atoms with Gasteiger partial charge in [0.05, 0.1) is 0 Å². The first kappa shape index (κ1) is 14.3. The third-order valence-corrected chi connectivity index (χ3v) is 3.53. The highest BCUT2D eigenvalue weighted by Crippen LogP contribution is 2.22. The summed E-state index contributed by atoms with van der Waals surface area (Å²) in [7, 11) is 0. The Balaban J connectivity index is 2.29. The van der Waals surface area contributed by atoms with Crippen molar-refractivity contribution in [2.24, 2.45) is 0 Å². The van der Waals surface area contributed by atoms with Crippen molar-refractivity contribution in [3.8, 4) is 11.1 Å². The molecule has 0 heteroatoms. The Bertz CT molecular complexity index is 627. The third-order valence-electron chi connectivity index (χ3n) is 3.53. The van der Waals surface area contributed by atoms with Gasteiger partial charge in [0.2, 0.25) is 0 Å². The summed E-state index contributed by atoms with van der Waals surface area (Å²) in [6.45, 7) is 10.4. The van der Waals surface area contributed by atoms with E-state index in [4.69, 9.17) is 0 Å². The normalized spacial score (nSPS) is 11.4. The van der Waals surface area contributed by atoms with Crippen molar-refractivity contribution in [3.05, 3.63) is 77.4 Å². The summed E-state index contributed by atoms with van der Waals surface area (Å²) < 4.78 is 0. The van der Waals surface area contributed by atoms with Crippen molar-refractivity contribution in [3.63, 3.8) is 0 Å². The van der Waals surface area contributed by atoms with Gasteiger partial charge < -0.3 is 0 Å². The fourth-order valence-corrected chi connectivity index (χ4v) is 2.32. The zero-order valence-corrected chi connectivity index (χ0v) is 12.6. The molecular weight excluding hydrogens is 240 g/mol. The van der Waals surface area contributed by atoms with E-state index in [1.807, 2.05) is 0 Å². The molecule has 0 bridgehead atoms. The highest BCUT2D eigenvalue weighted by atomic mass is 14.0. The smallest absolute Gasteiger partial charge is 0.0181 e. The van der Waals surface area contributed by atoms with Crippen LogP contribution in [0, 0.1) is 6.92 Å². The van der Waals surface area contributed by atoms with Crippen LogP contribution in [0.1, 0.15) is 31.4 Å². The number of allylic oxidation sites excluding steroid dienone is 2. The van der Waals surface area contributed by atoms with Crippen molar-refractivity contribution in [1.82, 2.24) is 0 Å². The van der Waals surface area contributed by atoms with Gasteiger partial charge >= 0.3 is 0 Å². The molecule has 102 valence electrons. The summed E-state index contributed by atoms with van der Waals surface area (Å²) in [5.41, 5.74) is 7.53. The minimum Gasteiger partial charge on any atom is -0.0958 e. The highest BCUT2D eigenvalue weighted by Gasteiger charge is 1.99. The van der Waals surface area contributed by atoms with Crippen molar-refractivity contribution < 1.29 is 0 Å². The number of rotatable bonds is 4. The summed E-state index contributed by atoms with van der Waals surface area (Å²) in [4.78, 5) is 0. The molecule has 0 atom stereocenters. The molecule has 0 fully saturated rings. The first-order valence-corrected chi connectivity index (χ1v) is 7.13. The summed E-state index contributed by atoms with van der Waals surface area (Å²) in [6, 6.07) is 17.3. The molecule has 20 heavy (non-hydrogen) atoms. The Hall–Kier alpha value is -2.08. The number of aryl methyl sites for hydroxylation is 1. The Morgan fingerprint density at radius 2 is 1.75 bits per heavy atom. The maximum absolute atomic E-state index is 4.03. The molecule has 0 N–H and O–H groups in total. The molecule has 0 saturated carbocycles. The van der Waals surface area contributed by atoms with E-state index in [1.54, 1.807) is 0 Å². The zero-order valence-electron chi connectivity index (χ0n) is 12.6. The molecule has 0 amide bonds. The topological polar surface area (TPSA) is 0 Å². The lowest BCUT2D eigenvalue weighted by Gasteiger charge is -2.06. The van der Waals surface area contributed by atoms with E-state index in [-0.39, 0.29) is 0 Å². The van der Waals surface area contributed by atoms with E-state index < -0.39 is 0 Å². The van der Waals surface area contributed by atoms with Gasteiger partial charge in [0, 0.05) is 0 Å². The Labute approximate surface area is 122 Å². The number of hydrogen-bond donors (Lipinski definition) is 0. The highest BCUT2D eigenvalue weighted by molar-refractivity contribution is 5.67. The van der Waals surface area contributed by atoms with Crippen molar-refractivity contribution in [1.29, 1.82) is 0 Å². The van der Waals surface area contributed by atoms with Crippen LogP contribution < -0.4 is 0 Å². The lowest BCUT2D eigenvalue weighted by atomic mass is 9.99. The molecule has 2 aromatic rings. The van der Waals surface area contributed by atoms with Gasteiger partial charge in [-0.05, 0) is 42.5 Å². The van der Waals surface area contributed by atoms with E-state index in [1.165, 1.54) is 27.8 Å². The Kier molecular flexibility index (Phi) is 4.57. The fraction of sp³-hybridized carbons (Fsp3) is 0.200. The lowest BCUT2D eigenvalue weighted by molar-refractivity contribution is 1.12. The summed E-state index contributed by atoms with van der Waals surface area (Å²) in [5, 5.41) is 0. The second-order valence-corrected chi connectivity index (χ2v) is 5.29. The predicted molar refractivity (Wildman–Crippen MR) is 89.7 cm³/mol. The largest absolute Gasteiger partial charge is 0.0958 e. The maximum atomic E-state index is 4.03.